The van der Waals surface area contributed by atoms with Crippen molar-refractivity contribution < 1.29 is 32.6 Å². The first-order chi connectivity index (χ1) is 9.72. The molecular weight excluding hydrogens is 302 g/mol. The number of hydrogen-bond donors (Lipinski definition) is 2. The van der Waals surface area contributed by atoms with Crippen LogP contribution in [-0.2, 0) is 19.6 Å². The van der Waals surface area contributed by atoms with E-state index in [-0.39, 0.29) is 16.2 Å². The highest BCUT2D eigenvalue weighted by Gasteiger charge is 2.25. The number of carbonyl (C=O) groups is 2. The monoisotopic (exact) mass is 317 g/mol. The van der Waals surface area contributed by atoms with Crippen molar-refractivity contribution in [3.63, 3.8) is 0 Å². The maximum atomic E-state index is 12.1. The Hall–Kier alpha value is -2.13. The molecule has 8 nitrogen and oxygen atoms in total. The molecule has 1 atom stereocenters. The summed E-state index contributed by atoms with van der Waals surface area (Å²) in [6, 6.07) is 2.28. The van der Waals surface area contributed by atoms with Gasteiger partial charge in [-0.25, -0.2) is 13.2 Å². The predicted molar refractivity (Wildman–Crippen MR) is 71.8 cm³/mol. The summed E-state index contributed by atoms with van der Waals surface area (Å²) in [6.45, 7) is 1.19. The molecule has 0 saturated carbocycles. The molecule has 0 amide bonds. The average Bonchev–Trinajstić information content (AvgIpc) is 2.44. The van der Waals surface area contributed by atoms with Crippen LogP contribution in [0.15, 0.2) is 23.1 Å². The van der Waals surface area contributed by atoms with E-state index in [9.17, 15) is 18.0 Å². The van der Waals surface area contributed by atoms with Crippen LogP contribution in [0.25, 0.3) is 0 Å². The van der Waals surface area contributed by atoms with Crippen molar-refractivity contribution in [1.82, 2.24) is 4.72 Å². The summed E-state index contributed by atoms with van der Waals surface area (Å²) in [5, 5.41) is 8.75. The molecule has 0 saturated heterocycles. The molecule has 2 N–H and O–H groups in total. The number of carbonyl (C=O) groups excluding carboxylic acids is 1. The van der Waals surface area contributed by atoms with Gasteiger partial charge in [-0.15, -0.1) is 0 Å². The van der Waals surface area contributed by atoms with Crippen LogP contribution < -0.4 is 9.46 Å². The van der Waals surface area contributed by atoms with Gasteiger partial charge in [0.15, 0.2) is 0 Å². The summed E-state index contributed by atoms with van der Waals surface area (Å²) in [7, 11) is -1.68. The van der Waals surface area contributed by atoms with E-state index in [1.807, 2.05) is 4.72 Å². The Morgan fingerprint density at radius 3 is 2.38 bits per heavy atom. The van der Waals surface area contributed by atoms with E-state index in [2.05, 4.69) is 4.74 Å². The van der Waals surface area contributed by atoms with Gasteiger partial charge >= 0.3 is 11.9 Å². The highest BCUT2D eigenvalue weighted by Crippen LogP contribution is 2.25. The van der Waals surface area contributed by atoms with Crippen LogP contribution in [-0.4, -0.2) is 45.7 Å². The molecule has 0 aliphatic carbocycles. The van der Waals surface area contributed by atoms with Gasteiger partial charge in [0.2, 0.25) is 10.0 Å². The van der Waals surface area contributed by atoms with E-state index >= 15 is 0 Å². The Balaban J connectivity index is 3.24. The van der Waals surface area contributed by atoms with E-state index in [0.717, 1.165) is 6.07 Å². The number of nitrogens with one attached hydrogen (secondary N) is 1. The molecule has 116 valence electrons. The Bertz CT molecular complexity index is 654. The van der Waals surface area contributed by atoms with Gasteiger partial charge in [-0.05, 0) is 25.1 Å². The third kappa shape index (κ3) is 3.92. The van der Waals surface area contributed by atoms with Gasteiger partial charge in [0.05, 0.1) is 19.8 Å². The minimum absolute atomic E-state index is 0.0945. The van der Waals surface area contributed by atoms with Crippen LogP contribution in [0.1, 0.15) is 17.3 Å². The molecule has 0 aliphatic rings. The number of hydrogen-bond acceptors (Lipinski definition) is 6. The topological polar surface area (TPSA) is 119 Å². The second-order valence-electron chi connectivity index (χ2n) is 4.04. The second-order valence-corrected chi connectivity index (χ2v) is 5.72. The normalized spacial score (nSPS) is 12.5. The quantitative estimate of drug-likeness (QED) is 0.721. The van der Waals surface area contributed by atoms with Crippen molar-refractivity contribution in [2.45, 2.75) is 17.9 Å². The van der Waals surface area contributed by atoms with Gasteiger partial charge in [-0.3, -0.25) is 4.79 Å². The zero-order valence-corrected chi connectivity index (χ0v) is 12.4. The first-order valence-electron chi connectivity index (χ1n) is 5.74. The van der Waals surface area contributed by atoms with Gasteiger partial charge in [-0.1, -0.05) is 0 Å². The zero-order valence-electron chi connectivity index (χ0n) is 11.6. The van der Waals surface area contributed by atoms with Crippen molar-refractivity contribution >= 4 is 22.0 Å². The SMILES string of the molecule is COC(=O)c1ccc(S(=O)(=O)N[C@H](C)C(=O)O)c(OC)c1. The Morgan fingerprint density at radius 1 is 1.29 bits per heavy atom. The van der Waals surface area contributed by atoms with Crippen LogP contribution in [0.4, 0.5) is 0 Å². The minimum atomic E-state index is -4.10. The number of sulfonamides is 1. The summed E-state index contributed by atoms with van der Waals surface area (Å²) < 4.78 is 35.7. The van der Waals surface area contributed by atoms with Crippen LogP contribution in [0.5, 0.6) is 5.75 Å². The number of carboxylic acid groups (broad SMARTS) is 1. The molecule has 0 spiro atoms. The molecule has 0 bridgehead atoms. The fourth-order valence-electron chi connectivity index (χ4n) is 1.48. The van der Waals surface area contributed by atoms with E-state index in [1.54, 1.807) is 0 Å². The number of aliphatic carboxylic acids is 1. The number of benzene rings is 1. The van der Waals surface area contributed by atoms with E-state index in [1.165, 1.54) is 33.3 Å². The average molecular weight is 317 g/mol. The maximum absolute atomic E-state index is 12.1. The Kier molecular flexibility index (Phi) is 5.28. The third-order valence-electron chi connectivity index (χ3n) is 2.58. The number of carboxylic acids is 1. The fraction of sp³-hybridized carbons (Fsp3) is 0.333. The van der Waals surface area contributed by atoms with Crippen molar-refractivity contribution in [3.05, 3.63) is 23.8 Å². The van der Waals surface area contributed by atoms with Crippen molar-refractivity contribution in [3.8, 4) is 5.75 Å². The van der Waals surface area contributed by atoms with Crippen LogP contribution in [0.2, 0.25) is 0 Å². The van der Waals surface area contributed by atoms with Crippen LogP contribution in [0.3, 0.4) is 0 Å². The molecule has 0 aliphatic heterocycles. The van der Waals surface area contributed by atoms with E-state index < -0.39 is 28.0 Å². The van der Waals surface area contributed by atoms with E-state index in [0.29, 0.717) is 0 Å². The van der Waals surface area contributed by atoms with Crippen molar-refractivity contribution in [1.29, 1.82) is 0 Å². The molecule has 0 fully saturated rings. The molecule has 0 aromatic heterocycles. The molecule has 1 rings (SSSR count). The highest BCUT2D eigenvalue weighted by molar-refractivity contribution is 7.89. The van der Waals surface area contributed by atoms with Crippen LogP contribution in [0, 0.1) is 0 Å². The number of ether oxygens (including phenoxy) is 2. The highest BCUT2D eigenvalue weighted by atomic mass is 32.2. The van der Waals surface area contributed by atoms with E-state index in [4.69, 9.17) is 9.84 Å². The standard InChI is InChI=1S/C12H15NO7S/c1-7(11(14)15)13-21(17,18)10-5-4-8(12(16)20-3)6-9(10)19-2/h4-7,13H,1-3H3,(H,14,15)/t7-/m1/s1. The summed E-state index contributed by atoms with van der Waals surface area (Å²) in [4.78, 5) is 21.8. The van der Waals surface area contributed by atoms with Crippen molar-refractivity contribution in [2.75, 3.05) is 14.2 Å². The lowest BCUT2D eigenvalue weighted by molar-refractivity contribution is -0.138. The maximum Gasteiger partial charge on any atom is 0.337 e. The molecule has 0 radical (unpaired) electrons. The molecule has 1 aromatic carbocycles. The Labute approximate surface area is 121 Å². The summed E-state index contributed by atoms with van der Waals surface area (Å²) in [5.41, 5.74) is 0.111. The molecule has 1 aromatic rings. The lowest BCUT2D eigenvalue weighted by atomic mass is 10.2. The van der Waals surface area contributed by atoms with Gasteiger partial charge in [0, 0.05) is 0 Å². The van der Waals surface area contributed by atoms with Crippen molar-refractivity contribution in [2.24, 2.45) is 0 Å². The minimum Gasteiger partial charge on any atom is -0.495 e. The summed E-state index contributed by atoms with van der Waals surface area (Å²) in [5.74, 6) is -2.06. The lowest BCUT2D eigenvalue weighted by Gasteiger charge is -2.13. The molecule has 9 heteroatoms. The third-order valence-corrected chi connectivity index (χ3v) is 4.16. The Morgan fingerprint density at radius 2 is 1.90 bits per heavy atom. The van der Waals surface area contributed by atoms with Gasteiger partial charge in [0.1, 0.15) is 16.7 Å². The zero-order chi connectivity index (χ0) is 16.2. The molecule has 21 heavy (non-hydrogen) atoms. The van der Waals surface area contributed by atoms with Gasteiger partial charge < -0.3 is 14.6 Å². The lowest BCUT2D eigenvalue weighted by Crippen LogP contribution is -2.38. The number of methoxy groups -OCH3 is 2. The molecular formula is C12H15NO7S. The second kappa shape index (κ2) is 6.55. The smallest absolute Gasteiger partial charge is 0.337 e. The summed E-state index contributed by atoms with van der Waals surface area (Å²) in [6.07, 6.45) is 0. The van der Waals surface area contributed by atoms with Gasteiger partial charge in [-0.2, -0.15) is 4.72 Å². The van der Waals surface area contributed by atoms with Crippen LogP contribution >= 0.6 is 0 Å². The largest absolute Gasteiger partial charge is 0.495 e. The number of rotatable bonds is 6. The number of esters is 1. The first-order valence-corrected chi connectivity index (χ1v) is 7.22. The fourth-order valence-corrected chi connectivity index (χ4v) is 2.83. The first kappa shape index (κ1) is 16.9. The summed E-state index contributed by atoms with van der Waals surface area (Å²) >= 11 is 0. The molecule has 0 heterocycles. The van der Waals surface area contributed by atoms with Gasteiger partial charge in [0.25, 0.3) is 0 Å². The predicted octanol–water partition coefficient (Wildman–Crippen LogP) is 0.233. The molecule has 0 unspecified atom stereocenters.